The number of hydrogen-bond donors (Lipinski definition) is 1. The molecule has 0 aliphatic rings. The number of hydrogen-bond acceptors (Lipinski definition) is 4. The lowest BCUT2D eigenvalue weighted by Gasteiger charge is -2.07. The molecule has 0 aliphatic heterocycles. The van der Waals surface area contributed by atoms with Crippen molar-refractivity contribution >= 4 is 32.8 Å². The number of carbonyl (C=O) groups is 1. The van der Waals surface area contributed by atoms with E-state index in [-0.39, 0.29) is 12.2 Å². The van der Waals surface area contributed by atoms with Crippen molar-refractivity contribution in [3.05, 3.63) is 74.2 Å². The smallest absolute Gasteiger partial charge is 0.338 e. The van der Waals surface area contributed by atoms with Crippen LogP contribution in [0.25, 0.3) is 10.9 Å². The normalized spacial score (nSPS) is 10.7. The third kappa shape index (κ3) is 3.32. The summed E-state index contributed by atoms with van der Waals surface area (Å²) in [7, 11) is 0. The van der Waals surface area contributed by atoms with Crippen molar-refractivity contribution in [3.8, 4) is 0 Å². The molecule has 0 atom stereocenters. The lowest BCUT2D eigenvalue weighted by Crippen LogP contribution is -2.15. The highest BCUT2D eigenvalue weighted by atomic mass is 79.9. The van der Waals surface area contributed by atoms with Crippen LogP contribution in [-0.4, -0.2) is 15.9 Å². The van der Waals surface area contributed by atoms with Crippen LogP contribution in [0.4, 0.5) is 0 Å². The molecule has 0 amide bonds. The van der Waals surface area contributed by atoms with Crippen LogP contribution in [0.1, 0.15) is 21.7 Å². The molecule has 0 bridgehead atoms. The average Bonchev–Trinajstić information content (AvgIpc) is 2.53. The highest BCUT2D eigenvalue weighted by molar-refractivity contribution is 9.10. The van der Waals surface area contributed by atoms with Gasteiger partial charge >= 0.3 is 5.97 Å². The summed E-state index contributed by atoms with van der Waals surface area (Å²) in [6.07, 6.45) is 0. The zero-order valence-corrected chi connectivity index (χ0v) is 13.9. The summed E-state index contributed by atoms with van der Waals surface area (Å²) < 4.78 is 6.01. The number of aromatic amines is 1. The highest BCUT2D eigenvalue weighted by Gasteiger charge is 2.10. The molecule has 3 rings (SSSR count). The van der Waals surface area contributed by atoms with Crippen molar-refractivity contribution in [2.24, 2.45) is 0 Å². The Labute approximate surface area is 140 Å². The van der Waals surface area contributed by atoms with E-state index in [1.165, 1.54) is 0 Å². The van der Waals surface area contributed by atoms with Crippen LogP contribution >= 0.6 is 15.9 Å². The van der Waals surface area contributed by atoms with E-state index in [1.807, 2.05) is 25.1 Å². The number of benzene rings is 2. The molecule has 3 aromatic rings. The largest absolute Gasteiger partial charge is 0.454 e. The summed E-state index contributed by atoms with van der Waals surface area (Å²) in [5, 5.41) is 0.520. The third-order valence-corrected chi connectivity index (χ3v) is 3.88. The summed E-state index contributed by atoms with van der Waals surface area (Å²) in [4.78, 5) is 31.1. The molecular weight excluding hydrogens is 360 g/mol. The molecule has 2 aromatic carbocycles. The summed E-state index contributed by atoms with van der Waals surface area (Å²) in [5.74, 6) is -0.154. The van der Waals surface area contributed by atoms with Crippen molar-refractivity contribution in [1.82, 2.24) is 9.97 Å². The average molecular weight is 373 g/mol. The minimum Gasteiger partial charge on any atom is -0.454 e. The van der Waals surface area contributed by atoms with Gasteiger partial charge in [-0.25, -0.2) is 9.78 Å². The van der Waals surface area contributed by atoms with Crippen LogP contribution in [0.15, 0.2) is 51.7 Å². The predicted octanol–water partition coefficient (Wildman–Crippen LogP) is 3.35. The van der Waals surface area contributed by atoms with Crippen molar-refractivity contribution < 1.29 is 9.53 Å². The van der Waals surface area contributed by atoms with Gasteiger partial charge in [0.2, 0.25) is 0 Å². The molecule has 1 N–H and O–H groups in total. The Bertz CT molecular complexity index is 950. The second-order valence-corrected chi connectivity index (χ2v) is 5.99. The fourth-order valence-electron chi connectivity index (χ4n) is 2.25. The molecule has 116 valence electrons. The molecule has 23 heavy (non-hydrogen) atoms. The van der Waals surface area contributed by atoms with E-state index < -0.39 is 5.97 Å². The van der Waals surface area contributed by atoms with Gasteiger partial charge in [-0.2, -0.15) is 0 Å². The Kier molecular flexibility index (Phi) is 4.25. The number of aromatic nitrogens is 2. The van der Waals surface area contributed by atoms with Crippen LogP contribution in [0.5, 0.6) is 0 Å². The molecule has 0 radical (unpaired) electrons. The minimum absolute atomic E-state index is 0.0924. The number of rotatable bonds is 3. The summed E-state index contributed by atoms with van der Waals surface area (Å²) >= 11 is 3.30. The molecular formula is C17H13BrN2O3. The van der Waals surface area contributed by atoms with E-state index in [0.29, 0.717) is 22.3 Å². The third-order valence-electron chi connectivity index (χ3n) is 3.39. The minimum atomic E-state index is -0.473. The second kappa shape index (κ2) is 6.34. The highest BCUT2D eigenvalue weighted by Crippen LogP contribution is 2.14. The quantitative estimate of drug-likeness (QED) is 0.715. The summed E-state index contributed by atoms with van der Waals surface area (Å²) in [6, 6.07) is 12.3. The fourth-order valence-corrected chi connectivity index (χ4v) is 2.65. The van der Waals surface area contributed by atoms with Crippen molar-refractivity contribution in [2.45, 2.75) is 13.5 Å². The predicted molar refractivity (Wildman–Crippen MR) is 90.4 cm³/mol. The van der Waals surface area contributed by atoms with Gasteiger partial charge in [0, 0.05) is 4.47 Å². The lowest BCUT2D eigenvalue weighted by molar-refractivity contribution is 0.0462. The van der Waals surface area contributed by atoms with E-state index >= 15 is 0 Å². The summed E-state index contributed by atoms with van der Waals surface area (Å²) in [6.45, 7) is 1.79. The van der Waals surface area contributed by atoms with Gasteiger partial charge < -0.3 is 9.72 Å². The molecule has 0 fully saturated rings. The SMILES string of the molecule is Cc1cccc2c(=O)[nH]c(COC(=O)c3cccc(Br)c3)nc12. The van der Waals surface area contributed by atoms with Crippen LogP contribution in [0.2, 0.25) is 0 Å². The maximum Gasteiger partial charge on any atom is 0.338 e. The summed E-state index contributed by atoms with van der Waals surface area (Å²) in [5.41, 5.74) is 1.70. The molecule has 5 nitrogen and oxygen atoms in total. The maximum absolute atomic E-state index is 12.1. The molecule has 0 saturated heterocycles. The zero-order valence-electron chi connectivity index (χ0n) is 12.3. The van der Waals surface area contributed by atoms with E-state index in [0.717, 1.165) is 10.0 Å². The van der Waals surface area contributed by atoms with Crippen molar-refractivity contribution in [2.75, 3.05) is 0 Å². The van der Waals surface area contributed by atoms with E-state index in [4.69, 9.17) is 4.74 Å². The Morgan fingerprint density at radius 1 is 1.26 bits per heavy atom. The van der Waals surface area contributed by atoms with E-state index in [2.05, 4.69) is 25.9 Å². The molecule has 1 heterocycles. The number of ether oxygens (including phenoxy) is 1. The van der Waals surface area contributed by atoms with Crippen LogP contribution in [0.3, 0.4) is 0 Å². The van der Waals surface area contributed by atoms with E-state index in [9.17, 15) is 9.59 Å². The maximum atomic E-state index is 12.1. The molecule has 0 saturated carbocycles. The first-order valence-electron chi connectivity index (χ1n) is 6.96. The first-order valence-corrected chi connectivity index (χ1v) is 7.75. The Morgan fingerprint density at radius 3 is 2.83 bits per heavy atom. The van der Waals surface area contributed by atoms with E-state index in [1.54, 1.807) is 24.3 Å². The second-order valence-electron chi connectivity index (χ2n) is 5.07. The van der Waals surface area contributed by atoms with Gasteiger partial charge in [-0.3, -0.25) is 4.79 Å². The number of nitrogens with one attached hydrogen (secondary N) is 1. The van der Waals surface area contributed by atoms with Crippen molar-refractivity contribution in [3.63, 3.8) is 0 Å². The number of aryl methyl sites for hydroxylation is 1. The zero-order chi connectivity index (χ0) is 16.4. The lowest BCUT2D eigenvalue weighted by atomic mass is 10.1. The van der Waals surface area contributed by atoms with Gasteiger partial charge in [0.25, 0.3) is 5.56 Å². The molecule has 0 aliphatic carbocycles. The number of esters is 1. The van der Waals surface area contributed by atoms with Gasteiger partial charge in [-0.1, -0.05) is 34.1 Å². The van der Waals surface area contributed by atoms with Gasteiger partial charge in [0.05, 0.1) is 16.5 Å². The number of halogens is 1. The number of carbonyl (C=O) groups excluding carboxylic acids is 1. The molecule has 6 heteroatoms. The van der Waals surface area contributed by atoms with Gasteiger partial charge in [-0.05, 0) is 36.8 Å². The first-order chi connectivity index (χ1) is 11.0. The van der Waals surface area contributed by atoms with Gasteiger partial charge in [-0.15, -0.1) is 0 Å². The number of para-hydroxylation sites is 1. The Hall–Kier alpha value is -2.47. The number of H-pyrrole nitrogens is 1. The fraction of sp³-hybridized carbons (Fsp3) is 0.118. The molecule has 0 spiro atoms. The van der Waals surface area contributed by atoms with Crippen molar-refractivity contribution in [1.29, 1.82) is 0 Å². The molecule has 1 aromatic heterocycles. The van der Waals surface area contributed by atoms with Crippen LogP contribution in [0, 0.1) is 6.92 Å². The first kappa shape index (κ1) is 15.4. The van der Waals surface area contributed by atoms with Crippen LogP contribution in [-0.2, 0) is 11.3 Å². The monoisotopic (exact) mass is 372 g/mol. The molecule has 0 unspecified atom stereocenters. The topological polar surface area (TPSA) is 72.1 Å². The Balaban J connectivity index is 1.83. The Morgan fingerprint density at radius 2 is 2.04 bits per heavy atom. The number of nitrogens with zero attached hydrogens (tertiary/aromatic N) is 1. The van der Waals surface area contributed by atoms with Gasteiger partial charge in [0.15, 0.2) is 0 Å². The standard InChI is InChI=1S/C17H13BrN2O3/c1-10-4-2-7-13-15(10)19-14(20-16(13)21)9-23-17(22)11-5-3-6-12(18)8-11/h2-8H,9H2,1H3,(H,19,20,21). The van der Waals surface area contributed by atoms with Gasteiger partial charge in [0.1, 0.15) is 12.4 Å². The van der Waals surface area contributed by atoms with Crippen LogP contribution < -0.4 is 5.56 Å². The number of fused-ring (bicyclic) bond motifs is 1.